The Hall–Kier alpha value is -5.90. The van der Waals surface area contributed by atoms with Crippen molar-refractivity contribution >= 4 is 32.7 Å². The number of rotatable bonds is 5. The number of imidazole rings is 1. The number of hydrogen-bond donors (Lipinski definition) is 1. The van der Waals surface area contributed by atoms with E-state index in [-0.39, 0.29) is 37.6 Å². The van der Waals surface area contributed by atoms with Crippen LogP contribution in [0.15, 0.2) is 146 Å². The van der Waals surface area contributed by atoms with E-state index in [1.165, 1.54) is 11.1 Å². The van der Waals surface area contributed by atoms with Crippen molar-refractivity contribution in [2.75, 3.05) is 0 Å². The Balaban J connectivity index is 0.00000455. The Kier molecular flexibility index (Phi) is 9.70. The van der Waals surface area contributed by atoms with Gasteiger partial charge in [0, 0.05) is 61.4 Å². The minimum absolute atomic E-state index is 0. The second-order valence-electron chi connectivity index (χ2n) is 16.7. The second-order valence-corrected chi connectivity index (χ2v) is 16.7. The molecule has 1 N–H and O–H groups in total. The van der Waals surface area contributed by atoms with Crippen molar-refractivity contribution in [3.63, 3.8) is 0 Å². The molecular weight excluding hydrogens is 880 g/mol. The molecule has 57 heavy (non-hydrogen) atoms. The van der Waals surface area contributed by atoms with Crippen LogP contribution in [0.2, 0.25) is 0 Å². The van der Waals surface area contributed by atoms with Crippen LogP contribution in [0.3, 0.4) is 0 Å². The van der Waals surface area contributed by atoms with Crippen LogP contribution >= 0.6 is 0 Å². The predicted octanol–water partition coefficient (Wildman–Crippen LogP) is 12.9. The molecule has 0 aliphatic rings. The molecule has 0 saturated carbocycles. The SMILES string of the molecule is CC(C)(C)c1ccc(-n2c(-c3[c-]c(-c4cc(C(C)(C)C)cc5cccnc45)ccc3)nc3c(-c4cc5ccccc5cc4O)cncc32)c(-c2ccccc2)c1.[Pt]. The zero-order valence-electron chi connectivity index (χ0n) is 32.9. The van der Waals surface area contributed by atoms with E-state index >= 15 is 0 Å². The molecule has 0 fully saturated rings. The molecule has 0 atom stereocenters. The van der Waals surface area contributed by atoms with E-state index < -0.39 is 0 Å². The van der Waals surface area contributed by atoms with E-state index in [0.29, 0.717) is 5.56 Å². The predicted molar refractivity (Wildman–Crippen MR) is 231 cm³/mol. The Morgan fingerprint density at radius 2 is 1.25 bits per heavy atom. The molecule has 0 unspecified atom stereocenters. The van der Waals surface area contributed by atoms with Gasteiger partial charge in [-0.25, -0.2) is 0 Å². The molecule has 0 amide bonds. The van der Waals surface area contributed by atoms with Gasteiger partial charge >= 0.3 is 0 Å². The molecule has 9 rings (SSSR count). The van der Waals surface area contributed by atoms with Crippen molar-refractivity contribution in [3.05, 3.63) is 163 Å². The number of aromatic nitrogens is 4. The van der Waals surface area contributed by atoms with Crippen LogP contribution in [0.5, 0.6) is 5.75 Å². The zero-order chi connectivity index (χ0) is 38.8. The number of aromatic hydroxyl groups is 1. The van der Waals surface area contributed by atoms with Gasteiger partial charge in [0.1, 0.15) is 5.75 Å². The summed E-state index contributed by atoms with van der Waals surface area (Å²) in [6.07, 6.45) is 5.55. The average Bonchev–Trinajstić information content (AvgIpc) is 3.59. The maximum atomic E-state index is 11.5. The first-order valence-corrected chi connectivity index (χ1v) is 19.2. The molecule has 0 aliphatic heterocycles. The number of pyridine rings is 2. The standard InChI is InChI=1S/C51H43N4O.Pt/c1-50(2,3)38-21-22-44(40(28-38)32-14-8-7-9-15-32)55-45-31-52-30-43(42-26-33-16-10-11-17-34(33)27-46(42)56)48(45)54-49(55)37-19-12-18-35(24-37)41-29-39(51(4,5)6)25-36-20-13-23-53-47(36)41;/h7-23,25-31,56H,1-6H3;/q-1;. The van der Waals surface area contributed by atoms with Crippen molar-refractivity contribution in [3.8, 4) is 56.2 Å². The van der Waals surface area contributed by atoms with Gasteiger partial charge in [0.25, 0.3) is 0 Å². The summed E-state index contributed by atoms with van der Waals surface area (Å²) in [5.74, 6) is 0.904. The first kappa shape index (κ1) is 38.0. The molecule has 6 aromatic carbocycles. The smallest absolute Gasteiger partial charge is 0.124 e. The molecule has 0 aliphatic carbocycles. The van der Waals surface area contributed by atoms with Gasteiger partial charge in [-0.05, 0) is 74.0 Å². The van der Waals surface area contributed by atoms with Crippen LogP contribution in [0.25, 0.3) is 83.2 Å². The monoisotopic (exact) mass is 922 g/mol. The largest absolute Gasteiger partial charge is 0.507 e. The number of nitrogens with zero attached hydrogens (tertiary/aromatic N) is 4. The normalized spacial score (nSPS) is 12.0. The minimum Gasteiger partial charge on any atom is -0.507 e. The molecule has 0 radical (unpaired) electrons. The maximum Gasteiger partial charge on any atom is 0.124 e. The molecule has 0 bridgehead atoms. The van der Waals surface area contributed by atoms with Gasteiger partial charge in [0.2, 0.25) is 0 Å². The second kappa shape index (κ2) is 14.6. The van der Waals surface area contributed by atoms with Gasteiger partial charge in [-0.3, -0.25) is 15.0 Å². The van der Waals surface area contributed by atoms with Crippen molar-refractivity contribution in [1.29, 1.82) is 0 Å². The topological polar surface area (TPSA) is 63.8 Å². The third kappa shape index (κ3) is 6.95. The van der Waals surface area contributed by atoms with Crippen molar-refractivity contribution in [2.24, 2.45) is 0 Å². The van der Waals surface area contributed by atoms with E-state index in [2.05, 4.69) is 143 Å². The first-order valence-electron chi connectivity index (χ1n) is 19.2. The molecule has 6 heteroatoms. The van der Waals surface area contributed by atoms with Gasteiger partial charge in [-0.1, -0.05) is 132 Å². The Morgan fingerprint density at radius 1 is 0.561 bits per heavy atom. The zero-order valence-corrected chi connectivity index (χ0v) is 35.2. The fourth-order valence-electron chi connectivity index (χ4n) is 7.69. The molecule has 3 aromatic heterocycles. The summed E-state index contributed by atoms with van der Waals surface area (Å²) in [7, 11) is 0. The summed E-state index contributed by atoms with van der Waals surface area (Å²) in [5.41, 5.74) is 12.2. The Bertz CT molecular complexity index is 2950. The Morgan fingerprint density at radius 3 is 2.00 bits per heavy atom. The number of hydrogen-bond acceptors (Lipinski definition) is 4. The van der Waals surface area contributed by atoms with Crippen LogP contribution in [0, 0.1) is 6.07 Å². The fourth-order valence-corrected chi connectivity index (χ4v) is 7.69. The van der Waals surface area contributed by atoms with Gasteiger partial charge in [0.15, 0.2) is 0 Å². The summed E-state index contributed by atoms with van der Waals surface area (Å²) < 4.78 is 2.22. The van der Waals surface area contributed by atoms with Gasteiger partial charge < -0.3 is 9.67 Å². The van der Waals surface area contributed by atoms with E-state index in [9.17, 15) is 5.11 Å². The molecule has 3 heterocycles. The quantitative estimate of drug-likeness (QED) is 0.175. The van der Waals surface area contributed by atoms with E-state index in [1.54, 1.807) is 0 Å². The van der Waals surface area contributed by atoms with Gasteiger partial charge in [0.05, 0.1) is 23.1 Å². The van der Waals surface area contributed by atoms with Crippen LogP contribution < -0.4 is 0 Å². The number of phenolic OH excluding ortho intramolecular Hbond substituents is 1. The van der Waals surface area contributed by atoms with Crippen LogP contribution in [0.4, 0.5) is 0 Å². The number of fused-ring (bicyclic) bond motifs is 3. The van der Waals surface area contributed by atoms with Crippen LogP contribution in [-0.2, 0) is 31.9 Å². The van der Waals surface area contributed by atoms with E-state index in [4.69, 9.17) is 15.0 Å². The Labute approximate surface area is 348 Å². The number of phenols is 1. The summed E-state index contributed by atoms with van der Waals surface area (Å²) in [6, 6.07) is 47.9. The molecular formula is C51H43N4OPt-. The van der Waals surface area contributed by atoms with E-state index in [1.807, 2.05) is 55.0 Å². The first-order chi connectivity index (χ1) is 26.9. The third-order valence-corrected chi connectivity index (χ3v) is 10.8. The van der Waals surface area contributed by atoms with Crippen molar-refractivity contribution < 1.29 is 26.2 Å². The van der Waals surface area contributed by atoms with Gasteiger partial charge in [-0.2, -0.15) is 0 Å². The van der Waals surface area contributed by atoms with Crippen LogP contribution in [-0.4, -0.2) is 24.6 Å². The minimum atomic E-state index is -0.0647. The van der Waals surface area contributed by atoms with E-state index in [0.717, 1.165) is 77.6 Å². The fraction of sp³-hybridized carbons (Fsp3) is 0.157. The summed E-state index contributed by atoms with van der Waals surface area (Å²) >= 11 is 0. The molecule has 284 valence electrons. The average molecular weight is 923 g/mol. The summed E-state index contributed by atoms with van der Waals surface area (Å²) in [6.45, 7) is 13.5. The van der Waals surface area contributed by atoms with Crippen LogP contribution in [0.1, 0.15) is 52.7 Å². The molecule has 9 aromatic rings. The van der Waals surface area contributed by atoms with Crippen molar-refractivity contribution in [2.45, 2.75) is 52.4 Å². The maximum absolute atomic E-state index is 11.5. The molecule has 5 nitrogen and oxygen atoms in total. The van der Waals surface area contributed by atoms with Crippen molar-refractivity contribution in [1.82, 2.24) is 19.5 Å². The summed E-state index contributed by atoms with van der Waals surface area (Å²) in [5, 5.41) is 14.6. The molecule has 0 saturated heterocycles. The number of benzene rings is 6. The third-order valence-electron chi connectivity index (χ3n) is 10.8. The van der Waals surface area contributed by atoms with Gasteiger partial charge in [-0.15, -0.1) is 29.8 Å². The summed E-state index contributed by atoms with van der Waals surface area (Å²) in [4.78, 5) is 15.1. The molecule has 0 spiro atoms.